The first-order valence-electron chi connectivity index (χ1n) is 21.5. The summed E-state index contributed by atoms with van der Waals surface area (Å²) in [5.74, 6) is 2.13. The number of unbranched alkanes of at least 4 members (excludes halogenated alkanes) is 5. The van der Waals surface area contributed by atoms with Crippen LogP contribution in [-0.2, 0) is 9.53 Å². The number of hydrogen-bond donors (Lipinski definition) is 0. The van der Waals surface area contributed by atoms with Crippen molar-refractivity contribution in [2.24, 2.45) is 50.2 Å². The number of rotatable bonds is 14. The van der Waals surface area contributed by atoms with E-state index >= 15 is 0 Å². The summed E-state index contributed by atoms with van der Waals surface area (Å²) in [6.07, 6.45) is 40.3. The van der Waals surface area contributed by atoms with Crippen molar-refractivity contribution in [1.29, 1.82) is 0 Å². The Morgan fingerprint density at radius 2 is 1.40 bits per heavy atom. The highest BCUT2D eigenvalue weighted by atomic mass is 16.5. The van der Waals surface area contributed by atoms with Gasteiger partial charge in [-0.3, -0.25) is 4.79 Å². The third-order valence-corrected chi connectivity index (χ3v) is 16.3. The zero-order valence-corrected chi connectivity index (χ0v) is 34.3. The maximum absolute atomic E-state index is 13.2. The summed E-state index contributed by atoms with van der Waals surface area (Å²) >= 11 is 0. The summed E-state index contributed by atoms with van der Waals surface area (Å²) < 4.78 is 6.41. The van der Waals surface area contributed by atoms with Crippen molar-refractivity contribution < 1.29 is 9.53 Å². The van der Waals surface area contributed by atoms with Crippen LogP contribution in [0.5, 0.6) is 0 Å². The first-order chi connectivity index (χ1) is 23.6. The molecular weight excluding hydrogens is 609 g/mol. The van der Waals surface area contributed by atoms with Crippen molar-refractivity contribution in [3.05, 3.63) is 48.1 Å². The Bertz CT molecular complexity index is 1280. The first kappa shape index (κ1) is 39.6. The summed E-state index contributed by atoms with van der Waals surface area (Å²) in [6, 6.07) is 0. The zero-order chi connectivity index (χ0) is 36.3. The van der Waals surface area contributed by atoms with Gasteiger partial charge in [-0.05, 0) is 148 Å². The van der Waals surface area contributed by atoms with Gasteiger partial charge in [0, 0.05) is 11.8 Å². The maximum atomic E-state index is 13.2. The maximum Gasteiger partial charge on any atom is 0.306 e. The van der Waals surface area contributed by atoms with Crippen LogP contribution in [0, 0.1) is 50.2 Å². The van der Waals surface area contributed by atoms with E-state index in [0.717, 1.165) is 50.9 Å². The third-order valence-electron chi connectivity index (χ3n) is 16.3. The van der Waals surface area contributed by atoms with E-state index in [-0.39, 0.29) is 17.5 Å². The molecule has 4 saturated carbocycles. The number of hydrogen-bond acceptors (Lipinski definition) is 2. The second-order valence-corrected chi connectivity index (χ2v) is 20.3. The van der Waals surface area contributed by atoms with Gasteiger partial charge in [0.2, 0.25) is 0 Å². The number of fused-ring (bicyclic) bond motifs is 7. The standard InChI is InChI=1S/C48H78O2/c1-10-11-12-13-14-15-16-17-18-19-20-21-22-23-24-25-42(49)50-41-29-30-46(7)39(44(41,4)5)28-31-48(9)40(46)27-26-37-38-36-43(2,3)32-33-45(38,6)34-35-47(37,48)8/h11-12,14-15,17-18,26,38-41H,10,13,16,19-25,27-36H2,1-9H3/b12-11-,15-14-,18-17-/t38-,39+,40-,41+,45+,46+,47+,48+/m1/s1. The smallest absolute Gasteiger partial charge is 0.306 e. The molecule has 282 valence electrons. The third kappa shape index (κ3) is 7.86. The van der Waals surface area contributed by atoms with Crippen LogP contribution in [0.3, 0.4) is 0 Å². The second kappa shape index (κ2) is 15.8. The normalized spacial score (nSPS) is 39.1. The molecule has 0 heterocycles. The SMILES string of the molecule is CC/C=C\C/C=C\C/C=C\CCCCCCCC(=O)O[C@H]1CC[C@]2(C)[C@H]3CC=C4[C@H]5CC(C)(C)CC[C@@]5(C)CC[C@]4(C)[C@@]3(C)CC[C@H]2C1(C)C. The van der Waals surface area contributed by atoms with E-state index in [9.17, 15) is 4.79 Å². The van der Waals surface area contributed by atoms with Gasteiger partial charge in [0.15, 0.2) is 0 Å². The Kier molecular flexibility index (Phi) is 12.5. The van der Waals surface area contributed by atoms with Crippen LogP contribution < -0.4 is 0 Å². The average Bonchev–Trinajstić information content (AvgIpc) is 3.05. The number of carbonyl (C=O) groups excluding carboxylic acids is 1. The molecule has 5 rings (SSSR count). The Hall–Kier alpha value is -1.57. The Labute approximate surface area is 309 Å². The van der Waals surface area contributed by atoms with Crippen LogP contribution in [0.1, 0.15) is 191 Å². The van der Waals surface area contributed by atoms with Gasteiger partial charge in [0.05, 0.1) is 0 Å². The Morgan fingerprint density at radius 1 is 0.740 bits per heavy atom. The summed E-state index contributed by atoms with van der Waals surface area (Å²) in [4.78, 5) is 13.2. The van der Waals surface area contributed by atoms with Gasteiger partial charge in [-0.2, -0.15) is 0 Å². The van der Waals surface area contributed by atoms with Crippen LogP contribution in [0.25, 0.3) is 0 Å². The minimum atomic E-state index is 0.0167. The number of ether oxygens (including phenoxy) is 1. The Balaban J connectivity index is 1.10. The molecule has 2 heteroatoms. The van der Waals surface area contributed by atoms with E-state index in [4.69, 9.17) is 4.74 Å². The monoisotopic (exact) mass is 687 g/mol. The van der Waals surface area contributed by atoms with E-state index in [0.29, 0.717) is 45.3 Å². The fraction of sp³-hybridized carbons (Fsp3) is 0.812. The van der Waals surface area contributed by atoms with Crippen molar-refractivity contribution in [1.82, 2.24) is 0 Å². The summed E-state index contributed by atoms with van der Waals surface area (Å²) in [5.41, 5.74) is 3.81. The van der Waals surface area contributed by atoms with Crippen LogP contribution in [0.2, 0.25) is 0 Å². The molecule has 50 heavy (non-hydrogen) atoms. The Morgan fingerprint density at radius 3 is 2.14 bits per heavy atom. The van der Waals surface area contributed by atoms with Gasteiger partial charge in [0.25, 0.3) is 0 Å². The lowest BCUT2D eigenvalue weighted by atomic mass is 9.33. The van der Waals surface area contributed by atoms with Gasteiger partial charge in [-0.15, -0.1) is 0 Å². The lowest BCUT2D eigenvalue weighted by Gasteiger charge is -2.71. The molecule has 0 aromatic carbocycles. The molecular formula is C48H78O2. The molecule has 0 aliphatic heterocycles. The van der Waals surface area contributed by atoms with E-state index in [1.54, 1.807) is 0 Å². The average molecular weight is 687 g/mol. The lowest BCUT2D eigenvalue weighted by molar-refractivity contribution is -0.212. The molecule has 0 aromatic rings. The molecule has 0 aromatic heterocycles. The molecule has 2 nitrogen and oxygen atoms in total. The molecule has 0 amide bonds. The highest BCUT2D eigenvalue weighted by molar-refractivity contribution is 5.69. The topological polar surface area (TPSA) is 26.3 Å². The van der Waals surface area contributed by atoms with Crippen molar-refractivity contribution in [3.63, 3.8) is 0 Å². The van der Waals surface area contributed by atoms with E-state index in [1.165, 1.54) is 77.0 Å². The van der Waals surface area contributed by atoms with E-state index in [1.807, 2.05) is 5.57 Å². The molecule has 0 unspecified atom stereocenters. The van der Waals surface area contributed by atoms with Crippen LogP contribution in [0.15, 0.2) is 48.1 Å². The van der Waals surface area contributed by atoms with E-state index < -0.39 is 0 Å². The van der Waals surface area contributed by atoms with E-state index in [2.05, 4.69) is 105 Å². The van der Waals surface area contributed by atoms with Crippen LogP contribution in [-0.4, -0.2) is 12.1 Å². The largest absolute Gasteiger partial charge is 0.462 e. The molecule has 5 aliphatic carbocycles. The predicted molar refractivity (Wildman–Crippen MR) is 214 cm³/mol. The quantitative estimate of drug-likeness (QED) is 0.103. The molecule has 4 fully saturated rings. The fourth-order valence-electron chi connectivity index (χ4n) is 12.8. The molecule has 0 saturated heterocycles. The van der Waals surface area contributed by atoms with Gasteiger partial charge in [-0.1, -0.05) is 130 Å². The summed E-state index contributed by atoms with van der Waals surface area (Å²) in [6.45, 7) is 22.9. The van der Waals surface area contributed by atoms with Crippen molar-refractivity contribution in [2.45, 2.75) is 197 Å². The molecule has 0 bridgehead atoms. The highest BCUT2D eigenvalue weighted by Gasteiger charge is 2.68. The van der Waals surface area contributed by atoms with Crippen molar-refractivity contribution in [2.75, 3.05) is 0 Å². The van der Waals surface area contributed by atoms with Gasteiger partial charge >= 0.3 is 5.97 Å². The highest BCUT2D eigenvalue weighted by Crippen LogP contribution is 2.75. The summed E-state index contributed by atoms with van der Waals surface area (Å²) in [7, 11) is 0. The molecule has 0 N–H and O–H groups in total. The van der Waals surface area contributed by atoms with Gasteiger partial charge in [0.1, 0.15) is 6.10 Å². The lowest BCUT2D eigenvalue weighted by Crippen LogP contribution is -2.64. The minimum Gasteiger partial charge on any atom is -0.462 e. The van der Waals surface area contributed by atoms with Crippen molar-refractivity contribution in [3.8, 4) is 0 Å². The number of esters is 1. The zero-order valence-electron chi connectivity index (χ0n) is 34.3. The van der Waals surface area contributed by atoms with Crippen molar-refractivity contribution >= 4 is 5.97 Å². The predicted octanol–water partition coefficient (Wildman–Crippen LogP) is 14.3. The number of carbonyl (C=O) groups is 1. The second-order valence-electron chi connectivity index (χ2n) is 20.3. The molecule has 5 aliphatic rings. The van der Waals surface area contributed by atoms with Crippen LogP contribution >= 0.6 is 0 Å². The minimum absolute atomic E-state index is 0.0167. The van der Waals surface area contributed by atoms with Crippen LogP contribution in [0.4, 0.5) is 0 Å². The van der Waals surface area contributed by atoms with Gasteiger partial charge < -0.3 is 4.74 Å². The molecule has 0 radical (unpaired) electrons. The fourth-order valence-corrected chi connectivity index (χ4v) is 12.8. The van der Waals surface area contributed by atoms with Gasteiger partial charge in [-0.25, -0.2) is 0 Å². The summed E-state index contributed by atoms with van der Waals surface area (Å²) in [5, 5.41) is 0. The number of allylic oxidation sites excluding steroid dienone is 8. The first-order valence-corrected chi connectivity index (χ1v) is 21.5. The molecule has 0 spiro atoms. The molecule has 8 atom stereocenters.